The normalized spacial score (nSPS) is 44.1. The van der Waals surface area contributed by atoms with Crippen molar-refractivity contribution in [2.24, 2.45) is 46.3 Å². The molecule has 1 unspecified atom stereocenters. The average molecular weight is 447 g/mol. The van der Waals surface area contributed by atoms with E-state index in [9.17, 15) is 14.4 Å². The largest absolute Gasteiger partial charge is 0.469 e. The number of fused-ring (bicyclic) bond motifs is 5. The molecule has 4 saturated carbocycles. The third-order valence-corrected chi connectivity index (χ3v) is 10.6. The average Bonchev–Trinajstić information content (AvgIpc) is 3.11. The second-order valence-corrected chi connectivity index (χ2v) is 11.8. The summed E-state index contributed by atoms with van der Waals surface area (Å²) in [6, 6.07) is 0. The predicted octanol–water partition coefficient (Wildman–Crippen LogP) is 5.35. The molecule has 9 atom stereocenters. The van der Waals surface area contributed by atoms with Crippen LogP contribution < -0.4 is 0 Å². The monoisotopic (exact) mass is 446 g/mol. The van der Waals surface area contributed by atoms with Crippen molar-refractivity contribution in [1.82, 2.24) is 0 Å². The molecule has 0 spiro atoms. The molecule has 0 aromatic rings. The molecule has 0 bridgehead atoms. The molecule has 32 heavy (non-hydrogen) atoms. The molecule has 0 amide bonds. The molecule has 5 heteroatoms. The van der Waals surface area contributed by atoms with E-state index in [0.29, 0.717) is 54.1 Å². The minimum absolute atomic E-state index is 0.0539. The van der Waals surface area contributed by atoms with Crippen LogP contribution in [0.5, 0.6) is 0 Å². The van der Waals surface area contributed by atoms with E-state index < -0.39 is 0 Å². The summed E-state index contributed by atoms with van der Waals surface area (Å²) in [6.07, 6.45) is 9.61. The number of carbonyl (C=O) groups excluding carboxylic acids is 3. The van der Waals surface area contributed by atoms with Gasteiger partial charge in [-0.2, -0.15) is 0 Å². The van der Waals surface area contributed by atoms with Crippen molar-refractivity contribution in [3.8, 4) is 0 Å². The molecule has 0 radical (unpaired) electrons. The number of methoxy groups -OCH3 is 1. The molecule has 0 saturated heterocycles. The maximum absolute atomic E-state index is 13.8. The van der Waals surface area contributed by atoms with E-state index >= 15 is 0 Å². The molecule has 5 nitrogen and oxygen atoms in total. The Morgan fingerprint density at radius 2 is 1.84 bits per heavy atom. The first kappa shape index (κ1) is 23.8. The SMILES string of the molecule is COC(=O)CCC(C)[C@H]1CC[C@H]2[C@@H]3CC[C@@H]4C[C@H](OC(C)=O)CC[C@]4(C)[C@H]3CC(=O)[C@]12C. The van der Waals surface area contributed by atoms with Gasteiger partial charge in [0.2, 0.25) is 0 Å². The highest BCUT2D eigenvalue weighted by Crippen LogP contribution is 2.67. The Morgan fingerprint density at radius 3 is 2.53 bits per heavy atom. The van der Waals surface area contributed by atoms with Crippen molar-refractivity contribution in [3.63, 3.8) is 0 Å². The number of ether oxygens (including phenoxy) is 2. The second-order valence-electron chi connectivity index (χ2n) is 11.8. The van der Waals surface area contributed by atoms with E-state index in [1.54, 1.807) is 0 Å². The van der Waals surface area contributed by atoms with Gasteiger partial charge in [0.05, 0.1) is 7.11 Å². The fourth-order valence-corrected chi connectivity index (χ4v) is 8.86. The van der Waals surface area contributed by atoms with Crippen molar-refractivity contribution in [3.05, 3.63) is 0 Å². The fourth-order valence-electron chi connectivity index (χ4n) is 8.86. The molecule has 4 aliphatic carbocycles. The van der Waals surface area contributed by atoms with Crippen LogP contribution in [0.4, 0.5) is 0 Å². The van der Waals surface area contributed by atoms with E-state index in [-0.39, 0.29) is 28.9 Å². The molecule has 0 N–H and O–H groups in total. The zero-order valence-electron chi connectivity index (χ0n) is 20.7. The number of esters is 2. The zero-order valence-corrected chi connectivity index (χ0v) is 20.7. The Balaban J connectivity index is 1.50. The van der Waals surface area contributed by atoms with Crippen molar-refractivity contribution in [2.45, 2.75) is 98.0 Å². The number of ketones is 1. The number of Topliss-reactive ketones (excluding diaryl/α,β-unsaturated/α-hetero) is 1. The molecule has 4 rings (SSSR count). The van der Waals surface area contributed by atoms with Gasteiger partial charge in [0.25, 0.3) is 0 Å². The Labute approximate surface area is 193 Å². The molecular formula is C27H42O5. The maximum atomic E-state index is 13.8. The molecule has 0 heterocycles. The summed E-state index contributed by atoms with van der Waals surface area (Å²) in [5.41, 5.74) is -0.0556. The lowest BCUT2D eigenvalue weighted by atomic mass is 9.44. The molecular weight excluding hydrogens is 404 g/mol. The smallest absolute Gasteiger partial charge is 0.305 e. The molecule has 0 aliphatic heterocycles. The summed E-state index contributed by atoms with van der Waals surface area (Å²) in [6.45, 7) is 8.43. The standard InChI is InChI=1S/C27H42O5/c1-16(6-11-25(30)31-5)21-9-10-22-20-8-7-18-14-19(32-17(2)28)12-13-26(18,3)23(20)15-24(29)27(21,22)4/h16,18-23H,6-15H2,1-5H3/t16?,18-,19-,20+,21-,22+,23+,26+,27-/m1/s1. The van der Waals surface area contributed by atoms with Crippen LogP contribution in [0.1, 0.15) is 91.9 Å². The van der Waals surface area contributed by atoms with Crippen LogP contribution in [0.3, 0.4) is 0 Å². The van der Waals surface area contributed by atoms with Gasteiger partial charge in [-0.25, -0.2) is 0 Å². The van der Waals surface area contributed by atoms with Crippen LogP contribution in [0.25, 0.3) is 0 Å². The van der Waals surface area contributed by atoms with Crippen LogP contribution >= 0.6 is 0 Å². The highest BCUT2D eigenvalue weighted by molar-refractivity contribution is 5.87. The van der Waals surface area contributed by atoms with Gasteiger partial charge >= 0.3 is 11.9 Å². The highest BCUT2D eigenvalue weighted by atomic mass is 16.5. The summed E-state index contributed by atoms with van der Waals surface area (Å²) >= 11 is 0. The van der Waals surface area contributed by atoms with E-state index in [0.717, 1.165) is 38.5 Å². The van der Waals surface area contributed by atoms with Gasteiger partial charge in [0.1, 0.15) is 11.9 Å². The van der Waals surface area contributed by atoms with E-state index in [2.05, 4.69) is 20.8 Å². The maximum Gasteiger partial charge on any atom is 0.305 e. The summed E-state index contributed by atoms with van der Waals surface area (Å²) in [7, 11) is 1.45. The predicted molar refractivity (Wildman–Crippen MR) is 122 cm³/mol. The minimum atomic E-state index is -0.241. The zero-order chi connectivity index (χ0) is 23.3. The molecule has 4 fully saturated rings. The van der Waals surface area contributed by atoms with E-state index in [1.807, 2.05) is 0 Å². The summed E-state index contributed by atoms with van der Waals surface area (Å²) in [5, 5.41) is 0. The number of carbonyl (C=O) groups is 3. The summed E-state index contributed by atoms with van der Waals surface area (Å²) in [5.74, 6) is 3.00. The summed E-state index contributed by atoms with van der Waals surface area (Å²) < 4.78 is 10.4. The Bertz CT molecular complexity index is 761. The Hall–Kier alpha value is -1.39. The molecule has 0 aromatic carbocycles. The lowest BCUT2D eigenvalue weighted by Gasteiger charge is -2.60. The third kappa shape index (κ3) is 3.81. The number of hydrogen-bond donors (Lipinski definition) is 0. The van der Waals surface area contributed by atoms with Gasteiger partial charge in [0, 0.05) is 25.2 Å². The van der Waals surface area contributed by atoms with E-state index in [4.69, 9.17) is 9.47 Å². The van der Waals surface area contributed by atoms with Gasteiger partial charge < -0.3 is 9.47 Å². The van der Waals surface area contributed by atoms with Crippen molar-refractivity contribution in [2.75, 3.05) is 7.11 Å². The fraction of sp³-hybridized carbons (Fsp3) is 0.889. The molecule has 0 aromatic heterocycles. The van der Waals surface area contributed by atoms with Gasteiger partial charge in [0.15, 0.2) is 0 Å². The van der Waals surface area contributed by atoms with Gasteiger partial charge in [-0.15, -0.1) is 0 Å². The van der Waals surface area contributed by atoms with Gasteiger partial charge in [-0.05, 0) is 92.3 Å². The molecule has 180 valence electrons. The summed E-state index contributed by atoms with van der Waals surface area (Å²) in [4.78, 5) is 37.0. The van der Waals surface area contributed by atoms with Crippen molar-refractivity contribution < 1.29 is 23.9 Å². The molecule has 4 aliphatic rings. The minimum Gasteiger partial charge on any atom is -0.469 e. The Kier molecular flexibility index (Phi) is 6.50. The number of hydrogen-bond acceptors (Lipinski definition) is 5. The second kappa shape index (κ2) is 8.76. The van der Waals surface area contributed by atoms with Crippen LogP contribution in [-0.2, 0) is 23.9 Å². The topological polar surface area (TPSA) is 69.7 Å². The van der Waals surface area contributed by atoms with Crippen LogP contribution in [0, 0.1) is 46.3 Å². The first-order chi connectivity index (χ1) is 15.1. The lowest BCUT2D eigenvalue weighted by Crippen LogP contribution is -2.57. The van der Waals surface area contributed by atoms with Crippen LogP contribution in [0.2, 0.25) is 0 Å². The lowest BCUT2D eigenvalue weighted by molar-refractivity contribution is -0.167. The third-order valence-electron chi connectivity index (χ3n) is 10.6. The quantitative estimate of drug-likeness (QED) is 0.533. The number of rotatable bonds is 5. The van der Waals surface area contributed by atoms with E-state index in [1.165, 1.54) is 26.9 Å². The highest BCUT2D eigenvalue weighted by Gasteiger charge is 2.64. The van der Waals surface area contributed by atoms with Gasteiger partial charge in [-0.3, -0.25) is 14.4 Å². The van der Waals surface area contributed by atoms with Crippen molar-refractivity contribution >= 4 is 17.7 Å². The van der Waals surface area contributed by atoms with Crippen LogP contribution in [0.15, 0.2) is 0 Å². The van der Waals surface area contributed by atoms with Crippen LogP contribution in [-0.4, -0.2) is 30.9 Å². The van der Waals surface area contributed by atoms with Gasteiger partial charge in [-0.1, -0.05) is 20.8 Å². The first-order valence-corrected chi connectivity index (χ1v) is 12.9. The van der Waals surface area contributed by atoms with Crippen molar-refractivity contribution in [1.29, 1.82) is 0 Å². The Morgan fingerprint density at radius 1 is 1.09 bits per heavy atom. The first-order valence-electron chi connectivity index (χ1n) is 12.9.